The van der Waals surface area contributed by atoms with Crippen molar-refractivity contribution in [2.75, 3.05) is 4.90 Å². The topological polar surface area (TPSA) is 6.48 Å². The Labute approximate surface area is 376 Å². The average Bonchev–Trinajstić information content (AvgIpc) is 3.96. The van der Waals surface area contributed by atoms with E-state index in [0.29, 0.717) is 35.6 Å². The van der Waals surface area contributed by atoms with Crippen LogP contribution in [0.2, 0.25) is 0 Å². The SMILES string of the molecule is C1=CCCC(C2C=CC(N(C3=CC=C(C4CCC5=C(C4)C4C=CCCC4N5C4=CC=CCC4)CC3)c3ccc4c(c3)C3(C5=C(C=CCC5)C5CCC=CC53)c3ccccc3-4)=CC2)=C1. The van der Waals surface area contributed by atoms with Crippen molar-refractivity contribution >= 4 is 5.69 Å². The Morgan fingerprint density at radius 3 is 2.38 bits per heavy atom. The molecule has 1 aliphatic heterocycles. The van der Waals surface area contributed by atoms with Gasteiger partial charge in [-0.2, -0.15) is 0 Å². The molecule has 7 unspecified atom stereocenters. The third-order valence-electron chi connectivity index (χ3n) is 17.4. The van der Waals surface area contributed by atoms with Gasteiger partial charge < -0.3 is 9.80 Å². The van der Waals surface area contributed by atoms with E-state index >= 15 is 0 Å². The maximum absolute atomic E-state index is 2.84. The molecule has 13 rings (SSSR count). The van der Waals surface area contributed by atoms with Crippen molar-refractivity contribution in [1.29, 1.82) is 0 Å². The zero-order chi connectivity index (χ0) is 41.5. The molecule has 0 radical (unpaired) electrons. The molecule has 1 heterocycles. The highest BCUT2D eigenvalue weighted by Gasteiger charge is 2.58. The van der Waals surface area contributed by atoms with Gasteiger partial charge in [0.1, 0.15) is 0 Å². The minimum atomic E-state index is -0.104. The van der Waals surface area contributed by atoms with E-state index in [0.717, 1.165) is 38.5 Å². The van der Waals surface area contributed by atoms with Crippen LogP contribution in [0.15, 0.2) is 196 Å². The van der Waals surface area contributed by atoms with E-state index in [1.807, 2.05) is 0 Å². The summed E-state index contributed by atoms with van der Waals surface area (Å²) in [7, 11) is 0. The smallest absolute Gasteiger partial charge is 0.0498 e. The Bertz CT molecular complexity index is 2690. The summed E-state index contributed by atoms with van der Waals surface area (Å²) in [5.74, 6) is 2.78. The summed E-state index contributed by atoms with van der Waals surface area (Å²) in [6.45, 7) is 0. The second-order valence-corrected chi connectivity index (χ2v) is 20.4. The zero-order valence-electron chi connectivity index (χ0n) is 37.0. The summed E-state index contributed by atoms with van der Waals surface area (Å²) in [4.78, 5) is 5.52. The lowest BCUT2D eigenvalue weighted by Gasteiger charge is -2.40. The molecule has 2 aromatic rings. The molecule has 0 saturated heterocycles. The van der Waals surface area contributed by atoms with Gasteiger partial charge in [0.2, 0.25) is 0 Å². The lowest BCUT2D eigenvalue weighted by Crippen LogP contribution is -2.36. The first-order valence-corrected chi connectivity index (χ1v) is 25.0. The fourth-order valence-corrected chi connectivity index (χ4v) is 14.7. The first-order valence-electron chi connectivity index (χ1n) is 25.0. The van der Waals surface area contributed by atoms with Crippen LogP contribution in [-0.2, 0) is 5.41 Å². The van der Waals surface area contributed by atoms with Gasteiger partial charge in [0.15, 0.2) is 0 Å². The Morgan fingerprint density at radius 1 is 0.651 bits per heavy atom. The van der Waals surface area contributed by atoms with Crippen LogP contribution >= 0.6 is 0 Å². The van der Waals surface area contributed by atoms with E-state index in [9.17, 15) is 0 Å². The van der Waals surface area contributed by atoms with Gasteiger partial charge >= 0.3 is 0 Å². The molecule has 316 valence electrons. The van der Waals surface area contributed by atoms with Gasteiger partial charge in [-0.05, 0) is 178 Å². The van der Waals surface area contributed by atoms with Gasteiger partial charge in [-0.1, -0.05) is 132 Å². The highest BCUT2D eigenvalue weighted by Crippen LogP contribution is 2.67. The van der Waals surface area contributed by atoms with Gasteiger partial charge in [-0.25, -0.2) is 0 Å². The summed E-state index contributed by atoms with van der Waals surface area (Å²) >= 11 is 0. The highest BCUT2D eigenvalue weighted by molar-refractivity contribution is 5.87. The molecular weight excluding hydrogens is 761 g/mol. The lowest BCUT2D eigenvalue weighted by molar-refractivity contribution is 0.275. The molecule has 2 heteroatoms. The molecule has 0 N–H and O–H groups in total. The Morgan fingerprint density at radius 2 is 1.52 bits per heavy atom. The van der Waals surface area contributed by atoms with Gasteiger partial charge in [0, 0.05) is 57.7 Å². The number of allylic oxidation sites excluding steroid dienone is 23. The largest absolute Gasteiger partial charge is 0.345 e. The summed E-state index contributed by atoms with van der Waals surface area (Å²) < 4.78 is 0. The van der Waals surface area contributed by atoms with Crippen molar-refractivity contribution in [1.82, 2.24) is 4.90 Å². The lowest BCUT2D eigenvalue weighted by atomic mass is 9.63. The number of rotatable bonds is 6. The summed E-state index contributed by atoms with van der Waals surface area (Å²) in [5, 5.41) is 0. The predicted octanol–water partition coefficient (Wildman–Crippen LogP) is 15.3. The van der Waals surface area contributed by atoms with E-state index in [1.54, 1.807) is 50.4 Å². The minimum absolute atomic E-state index is 0.104. The van der Waals surface area contributed by atoms with Crippen molar-refractivity contribution in [3.63, 3.8) is 0 Å². The van der Waals surface area contributed by atoms with Crippen LogP contribution in [0.5, 0.6) is 0 Å². The van der Waals surface area contributed by atoms with Gasteiger partial charge in [-0.3, -0.25) is 0 Å². The number of hydrogen-bond donors (Lipinski definition) is 0. The van der Waals surface area contributed by atoms with E-state index < -0.39 is 0 Å². The third-order valence-corrected chi connectivity index (χ3v) is 17.4. The highest BCUT2D eigenvalue weighted by atomic mass is 15.2. The molecule has 10 aliphatic carbocycles. The normalized spacial score (nSPS) is 32.1. The molecule has 2 aromatic carbocycles. The van der Waals surface area contributed by atoms with Gasteiger partial charge in [-0.15, -0.1) is 0 Å². The number of nitrogens with zero attached hydrogens (tertiary/aromatic N) is 2. The molecule has 11 aliphatic rings. The van der Waals surface area contributed by atoms with E-state index in [4.69, 9.17) is 0 Å². The maximum Gasteiger partial charge on any atom is 0.0498 e. The van der Waals surface area contributed by atoms with Crippen LogP contribution in [0.4, 0.5) is 5.69 Å². The molecule has 0 amide bonds. The quantitative estimate of drug-likeness (QED) is 0.268. The maximum atomic E-state index is 2.84. The van der Waals surface area contributed by atoms with Crippen LogP contribution in [0.1, 0.15) is 114 Å². The Balaban J connectivity index is 0.883. The van der Waals surface area contributed by atoms with Crippen molar-refractivity contribution in [2.24, 2.45) is 29.6 Å². The zero-order valence-corrected chi connectivity index (χ0v) is 37.0. The Hall–Kier alpha value is -5.34. The van der Waals surface area contributed by atoms with Crippen molar-refractivity contribution in [2.45, 2.75) is 114 Å². The number of anilines is 1. The predicted molar refractivity (Wildman–Crippen MR) is 261 cm³/mol. The summed E-state index contributed by atoms with van der Waals surface area (Å²) in [5.41, 5.74) is 21.6. The fraction of sp³-hybridized carbons (Fsp3) is 0.377. The number of hydrogen-bond acceptors (Lipinski definition) is 2. The molecule has 7 atom stereocenters. The minimum Gasteiger partial charge on any atom is -0.345 e. The third kappa shape index (κ3) is 5.95. The summed E-state index contributed by atoms with van der Waals surface area (Å²) in [6, 6.07) is 17.8. The van der Waals surface area contributed by atoms with Gasteiger partial charge in [0.25, 0.3) is 0 Å². The molecule has 0 bridgehead atoms. The summed E-state index contributed by atoms with van der Waals surface area (Å²) in [6.07, 6.45) is 60.9. The monoisotopic (exact) mass is 822 g/mol. The molecule has 63 heavy (non-hydrogen) atoms. The average molecular weight is 823 g/mol. The Kier molecular flexibility index (Phi) is 9.34. The second-order valence-electron chi connectivity index (χ2n) is 20.4. The number of benzene rings is 2. The second kappa shape index (κ2) is 15.4. The molecule has 2 nitrogen and oxygen atoms in total. The molecule has 0 fully saturated rings. The molecular formula is C61H62N2. The van der Waals surface area contributed by atoms with Gasteiger partial charge in [0.05, 0.1) is 0 Å². The molecule has 0 aromatic heterocycles. The van der Waals surface area contributed by atoms with Crippen LogP contribution in [-0.4, -0.2) is 10.9 Å². The van der Waals surface area contributed by atoms with Crippen LogP contribution in [0.25, 0.3) is 11.1 Å². The van der Waals surface area contributed by atoms with Crippen molar-refractivity contribution in [3.8, 4) is 11.1 Å². The fourth-order valence-electron chi connectivity index (χ4n) is 14.7. The first kappa shape index (κ1) is 38.1. The van der Waals surface area contributed by atoms with Crippen molar-refractivity contribution < 1.29 is 0 Å². The first-order chi connectivity index (χ1) is 31.3. The van der Waals surface area contributed by atoms with E-state index in [2.05, 4.69) is 156 Å². The standard InChI is InChI=1S/C61H62N2/c1-3-15-41(16-4-1)42-27-32-46(33-28-42)62(47-34-29-43(30-35-47)44-31-38-60-54(39-44)53-22-10-14-26-59(53)63(60)45-17-5-2-6-18-45)48-36-37-52-51-21-9-13-25-57(51)61(58(52)40-48)55-23-11-7-19-49(55)50-20-8-12-24-56(50)61/h1-3,5,7,9-10,12-13,15,17,19,21-22,24-25,27,29,32-34,36-37,40,42,44,50,53,56,59H,4,6,8,11,14,16,18,20,23,26,28,30-31,35,38-39H2. The molecule has 1 spiro atoms. The van der Waals surface area contributed by atoms with E-state index in [-0.39, 0.29) is 5.41 Å². The molecule has 0 saturated carbocycles. The van der Waals surface area contributed by atoms with Crippen LogP contribution in [0, 0.1) is 29.6 Å². The number of fused-ring (bicyclic) bond motifs is 11. The van der Waals surface area contributed by atoms with Crippen molar-refractivity contribution in [3.05, 3.63) is 208 Å². The van der Waals surface area contributed by atoms with E-state index in [1.165, 1.54) is 92.4 Å². The van der Waals surface area contributed by atoms with Crippen LogP contribution < -0.4 is 4.90 Å². The van der Waals surface area contributed by atoms with Crippen LogP contribution in [0.3, 0.4) is 0 Å².